The summed E-state index contributed by atoms with van der Waals surface area (Å²) >= 11 is 5.72. The van der Waals surface area contributed by atoms with Crippen molar-refractivity contribution in [2.24, 2.45) is 5.92 Å². The third-order valence-corrected chi connectivity index (χ3v) is 4.86. The first kappa shape index (κ1) is 18.1. The van der Waals surface area contributed by atoms with Crippen LogP contribution in [0.4, 0.5) is 10.1 Å². The van der Waals surface area contributed by atoms with Gasteiger partial charge in [-0.15, -0.1) is 0 Å². The minimum absolute atomic E-state index is 0.0172. The predicted molar refractivity (Wildman–Crippen MR) is 92.0 cm³/mol. The van der Waals surface area contributed by atoms with Gasteiger partial charge in [-0.2, -0.15) is 0 Å². The molecule has 0 spiro atoms. The van der Waals surface area contributed by atoms with Gasteiger partial charge in [-0.25, -0.2) is 4.39 Å². The molecule has 0 aliphatic carbocycles. The standard InChI is InChI=1S/C17H21ClFN3O3/c18-13-9-12(1-2-14(13)19)21-16(23)11-3-6-22(7-4-11)17(24)15-10-20-5-8-25-15/h1-2,9,11,15,20H,3-8,10H2,(H,21,23). The van der Waals surface area contributed by atoms with Gasteiger partial charge in [0.2, 0.25) is 5.91 Å². The Kier molecular flexibility index (Phi) is 5.88. The summed E-state index contributed by atoms with van der Waals surface area (Å²) in [6.45, 7) is 2.89. The molecule has 1 atom stereocenters. The molecule has 1 unspecified atom stereocenters. The summed E-state index contributed by atoms with van der Waals surface area (Å²) in [4.78, 5) is 26.5. The molecule has 0 bridgehead atoms. The molecule has 25 heavy (non-hydrogen) atoms. The zero-order chi connectivity index (χ0) is 17.8. The highest BCUT2D eigenvalue weighted by Crippen LogP contribution is 2.23. The number of ether oxygens (including phenoxy) is 1. The van der Waals surface area contributed by atoms with E-state index < -0.39 is 11.9 Å². The quantitative estimate of drug-likeness (QED) is 0.849. The van der Waals surface area contributed by atoms with E-state index >= 15 is 0 Å². The molecule has 1 aromatic carbocycles. The van der Waals surface area contributed by atoms with Gasteiger partial charge in [-0.1, -0.05) is 11.6 Å². The van der Waals surface area contributed by atoms with Crippen LogP contribution in [0.15, 0.2) is 18.2 Å². The number of carbonyl (C=O) groups excluding carboxylic acids is 2. The van der Waals surface area contributed by atoms with Crippen LogP contribution in [-0.4, -0.2) is 55.6 Å². The lowest BCUT2D eigenvalue weighted by atomic mass is 9.95. The summed E-state index contributed by atoms with van der Waals surface area (Å²) in [6.07, 6.45) is 0.750. The fourth-order valence-corrected chi connectivity index (χ4v) is 3.29. The van der Waals surface area contributed by atoms with Gasteiger partial charge < -0.3 is 20.3 Å². The normalized spacial score (nSPS) is 21.8. The summed E-state index contributed by atoms with van der Waals surface area (Å²) in [5, 5.41) is 5.87. The number of piperidine rings is 1. The molecule has 2 fully saturated rings. The highest BCUT2D eigenvalue weighted by molar-refractivity contribution is 6.31. The van der Waals surface area contributed by atoms with E-state index in [-0.39, 0.29) is 22.8 Å². The average molecular weight is 370 g/mol. The molecule has 136 valence electrons. The first-order valence-corrected chi connectivity index (χ1v) is 8.79. The van der Waals surface area contributed by atoms with E-state index in [1.807, 2.05) is 0 Å². The molecule has 2 saturated heterocycles. The Hall–Kier alpha value is -1.70. The minimum atomic E-state index is -0.522. The van der Waals surface area contributed by atoms with Gasteiger partial charge in [0.25, 0.3) is 5.91 Å². The number of likely N-dealkylation sites (tertiary alicyclic amines) is 1. The number of nitrogens with zero attached hydrogens (tertiary/aromatic N) is 1. The summed E-state index contributed by atoms with van der Waals surface area (Å²) in [5.41, 5.74) is 0.469. The number of carbonyl (C=O) groups is 2. The molecule has 0 saturated carbocycles. The Bertz CT molecular complexity index is 644. The van der Waals surface area contributed by atoms with Crippen LogP contribution in [0.25, 0.3) is 0 Å². The van der Waals surface area contributed by atoms with Crippen LogP contribution >= 0.6 is 11.6 Å². The van der Waals surface area contributed by atoms with E-state index in [0.717, 1.165) is 6.54 Å². The highest BCUT2D eigenvalue weighted by Gasteiger charge is 2.32. The van der Waals surface area contributed by atoms with Crippen LogP contribution in [-0.2, 0) is 14.3 Å². The van der Waals surface area contributed by atoms with Crippen LogP contribution < -0.4 is 10.6 Å². The van der Waals surface area contributed by atoms with Crippen molar-refractivity contribution in [2.45, 2.75) is 18.9 Å². The number of hydrogen-bond acceptors (Lipinski definition) is 4. The van der Waals surface area contributed by atoms with E-state index in [9.17, 15) is 14.0 Å². The van der Waals surface area contributed by atoms with Crippen LogP contribution in [0, 0.1) is 11.7 Å². The number of halogens is 2. The van der Waals surface area contributed by atoms with Crippen molar-refractivity contribution in [3.63, 3.8) is 0 Å². The molecule has 2 N–H and O–H groups in total. The SMILES string of the molecule is O=C(Nc1ccc(F)c(Cl)c1)C1CCN(C(=O)C2CNCCO2)CC1. The number of nitrogens with one attached hydrogen (secondary N) is 2. The van der Waals surface area contributed by atoms with Crippen molar-refractivity contribution in [3.8, 4) is 0 Å². The molecule has 0 aromatic heterocycles. The molecular weight excluding hydrogens is 349 g/mol. The van der Waals surface area contributed by atoms with Gasteiger partial charge in [0, 0.05) is 37.8 Å². The maximum atomic E-state index is 13.2. The van der Waals surface area contributed by atoms with Crippen molar-refractivity contribution in [1.29, 1.82) is 0 Å². The van der Waals surface area contributed by atoms with E-state index in [4.69, 9.17) is 16.3 Å². The second kappa shape index (κ2) is 8.12. The van der Waals surface area contributed by atoms with Gasteiger partial charge in [0.05, 0.1) is 11.6 Å². The summed E-state index contributed by atoms with van der Waals surface area (Å²) in [6, 6.07) is 4.09. The number of anilines is 1. The Morgan fingerprint density at radius 3 is 2.72 bits per heavy atom. The van der Waals surface area contributed by atoms with Crippen molar-refractivity contribution < 1.29 is 18.7 Å². The Morgan fingerprint density at radius 2 is 2.08 bits per heavy atom. The molecule has 2 amide bonds. The Balaban J connectivity index is 1.50. The van der Waals surface area contributed by atoms with Crippen LogP contribution in [0.3, 0.4) is 0 Å². The summed E-state index contributed by atoms with van der Waals surface area (Å²) in [5.74, 6) is -0.856. The largest absolute Gasteiger partial charge is 0.366 e. The number of amides is 2. The summed E-state index contributed by atoms with van der Waals surface area (Å²) < 4.78 is 18.7. The second-order valence-corrected chi connectivity index (χ2v) is 6.69. The summed E-state index contributed by atoms with van der Waals surface area (Å²) in [7, 11) is 0. The van der Waals surface area contributed by atoms with Crippen LogP contribution in [0.2, 0.25) is 5.02 Å². The third kappa shape index (κ3) is 4.48. The van der Waals surface area contributed by atoms with Crippen LogP contribution in [0.1, 0.15) is 12.8 Å². The van der Waals surface area contributed by atoms with Gasteiger partial charge in [0.1, 0.15) is 11.9 Å². The van der Waals surface area contributed by atoms with Gasteiger partial charge in [0.15, 0.2) is 0 Å². The van der Waals surface area contributed by atoms with Crippen molar-refractivity contribution >= 4 is 29.1 Å². The Morgan fingerprint density at radius 1 is 1.32 bits per heavy atom. The van der Waals surface area contributed by atoms with Crippen molar-refractivity contribution in [2.75, 3.05) is 38.1 Å². The lowest BCUT2D eigenvalue weighted by Crippen LogP contribution is -2.51. The first-order chi connectivity index (χ1) is 12.0. The molecule has 8 heteroatoms. The number of morpholine rings is 1. The lowest BCUT2D eigenvalue weighted by Gasteiger charge is -2.34. The molecule has 2 aliphatic rings. The molecule has 2 heterocycles. The smallest absolute Gasteiger partial charge is 0.253 e. The molecule has 1 aromatic rings. The molecule has 6 nitrogen and oxygen atoms in total. The van der Waals surface area contributed by atoms with Gasteiger partial charge >= 0.3 is 0 Å². The molecule has 0 radical (unpaired) electrons. The van der Waals surface area contributed by atoms with E-state index in [1.54, 1.807) is 4.90 Å². The molecule has 2 aliphatic heterocycles. The van der Waals surface area contributed by atoms with E-state index in [0.29, 0.717) is 44.8 Å². The first-order valence-electron chi connectivity index (χ1n) is 8.41. The second-order valence-electron chi connectivity index (χ2n) is 6.28. The van der Waals surface area contributed by atoms with E-state index in [1.165, 1.54) is 18.2 Å². The van der Waals surface area contributed by atoms with E-state index in [2.05, 4.69) is 10.6 Å². The predicted octanol–water partition coefficient (Wildman–Crippen LogP) is 1.64. The third-order valence-electron chi connectivity index (χ3n) is 4.57. The monoisotopic (exact) mass is 369 g/mol. The Labute approximate surface area is 150 Å². The maximum Gasteiger partial charge on any atom is 0.253 e. The maximum absolute atomic E-state index is 13.2. The average Bonchev–Trinajstić information content (AvgIpc) is 2.65. The number of rotatable bonds is 3. The van der Waals surface area contributed by atoms with Crippen LogP contribution in [0.5, 0.6) is 0 Å². The molecule has 3 rings (SSSR count). The fourth-order valence-electron chi connectivity index (χ4n) is 3.11. The minimum Gasteiger partial charge on any atom is -0.366 e. The number of benzene rings is 1. The molecular formula is C17H21ClFN3O3. The number of hydrogen-bond donors (Lipinski definition) is 2. The van der Waals surface area contributed by atoms with Crippen molar-refractivity contribution in [3.05, 3.63) is 29.0 Å². The highest BCUT2D eigenvalue weighted by atomic mass is 35.5. The topological polar surface area (TPSA) is 70.7 Å². The lowest BCUT2D eigenvalue weighted by molar-refractivity contribution is -0.147. The van der Waals surface area contributed by atoms with Gasteiger partial charge in [-0.3, -0.25) is 9.59 Å². The fraction of sp³-hybridized carbons (Fsp3) is 0.529. The van der Waals surface area contributed by atoms with Gasteiger partial charge in [-0.05, 0) is 31.0 Å². The van der Waals surface area contributed by atoms with Crippen molar-refractivity contribution in [1.82, 2.24) is 10.2 Å². The zero-order valence-corrected chi connectivity index (χ0v) is 14.5. The zero-order valence-electron chi connectivity index (χ0n) is 13.8.